The largest absolute Gasteiger partial charge is 0.507 e. The van der Waals surface area contributed by atoms with E-state index in [9.17, 15) is 29.4 Å². The van der Waals surface area contributed by atoms with Gasteiger partial charge in [0.2, 0.25) is 0 Å². The summed E-state index contributed by atoms with van der Waals surface area (Å²) in [5, 5.41) is 28.3. The van der Waals surface area contributed by atoms with E-state index in [1.807, 2.05) is 30.3 Å². The summed E-state index contributed by atoms with van der Waals surface area (Å²) in [6.07, 6.45) is 2.31. The molecular formula is C24H19NO7. The maximum absolute atomic E-state index is 12.9. The minimum absolute atomic E-state index is 0.107. The Labute approximate surface area is 182 Å². The Morgan fingerprint density at radius 2 is 1.53 bits per heavy atom. The fraction of sp³-hybridized carbons (Fsp3) is 0.0833. The summed E-state index contributed by atoms with van der Waals surface area (Å²) in [5.41, 5.74) is 1.30. The number of carbonyl (C=O) groups excluding carboxylic acids is 1. The van der Waals surface area contributed by atoms with Gasteiger partial charge in [-0.25, -0.2) is 9.59 Å². The first-order valence-electron chi connectivity index (χ1n) is 9.52. The van der Waals surface area contributed by atoms with Crippen LogP contribution in [0.4, 0.5) is 0 Å². The molecule has 3 N–H and O–H groups in total. The highest BCUT2D eigenvalue weighted by Crippen LogP contribution is 2.16. The van der Waals surface area contributed by atoms with Crippen molar-refractivity contribution in [2.75, 3.05) is 0 Å². The molecule has 8 heteroatoms. The molecule has 1 aromatic heterocycles. The van der Waals surface area contributed by atoms with E-state index in [0.29, 0.717) is 17.2 Å². The standard InChI is InChI=1S/C24H19NO7/c26-20(12-21(27)24(31)32)19-11-17(9-16-7-4-8-18(10-16)23(29)30)14-25(22(19)28)13-15-5-2-1-3-6-15/h1-8,10-12,14,26H,9,13H2,(H,29,30)(H,31,32)/b20-12-. The van der Waals surface area contributed by atoms with Crippen molar-refractivity contribution >= 4 is 23.5 Å². The second kappa shape index (κ2) is 9.57. The first-order chi connectivity index (χ1) is 15.2. The molecule has 1 heterocycles. The molecule has 0 spiro atoms. The maximum atomic E-state index is 12.9. The van der Waals surface area contributed by atoms with Crippen LogP contribution < -0.4 is 5.56 Å². The van der Waals surface area contributed by atoms with Crippen LogP contribution in [0.1, 0.15) is 32.6 Å². The van der Waals surface area contributed by atoms with Crippen LogP contribution in [0.5, 0.6) is 0 Å². The number of ketones is 1. The summed E-state index contributed by atoms with van der Waals surface area (Å²) < 4.78 is 1.34. The summed E-state index contributed by atoms with van der Waals surface area (Å²) in [5.74, 6) is -4.96. The van der Waals surface area contributed by atoms with E-state index in [0.717, 1.165) is 5.56 Å². The number of aliphatic hydroxyl groups is 1. The third kappa shape index (κ3) is 5.37. The van der Waals surface area contributed by atoms with Crippen molar-refractivity contribution < 1.29 is 29.7 Å². The van der Waals surface area contributed by atoms with Gasteiger partial charge in [0, 0.05) is 12.3 Å². The smallest absolute Gasteiger partial charge is 0.376 e. The molecule has 0 unspecified atom stereocenters. The number of hydrogen-bond acceptors (Lipinski definition) is 5. The van der Waals surface area contributed by atoms with E-state index >= 15 is 0 Å². The van der Waals surface area contributed by atoms with Crippen molar-refractivity contribution in [1.82, 2.24) is 4.57 Å². The highest BCUT2D eigenvalue weighted by atomic mass is 16.4. The molecule has 3 aromatic rings. The fourth-order valence-corrected chi connectivity index (χ4v) is 3.19. The van der Waals surface area contributed by atoms with Gasteiger partial charge in [0.15, 0.2) is 0 Å². The molecule has 0 atom stereocenters. The molecule has 0 amide bonds. The van der Waals surface area contributed by atoms with Crippen molar-refractivity contribution in [3.8, 4) is 0 Å². The Balaban J connectivity index is 2.08. The lowest BCUT2D eigenvalue weighted by atomic mass is 10.0. The van der Waals surface area contributed by atoms with Crippen LogP contribution in [-0.4, -0.2) is 37.6 Å². The number of aromatic carboxylic acids is 1. The van der Waals surface area contributed by atoms with E-state index < -0.39 is 29.0 Å². The number of nitrogens with zero attached hydrogens (tertiary/aromatic N) is 1. The summed E-state index contributed by atoms with van der Waals surface area (Å²) >= 11 is 0. The van der Waals surface area contributed by atoms with Crippen LogP contribution in [0.25, 0.3) is 5.76 Å². The minimum Gasteiger partial charge on any atom is -0.507 e. The molecule has 8 nitrogen and oxygen atoms in total. The number of carboxylic acid groups (broad SMARTS) is 2. The van der Waals surface area contributed by atoms with Crippen LogP contribution in [0, 0.1) is 0 Å². The van der Waals surface area contributed by atoms with Crippen molar-refractivity contribution in [2.45, 2.75) is 13.0 Å². The highest BCUT2D eigenvalue weighted by Gasteiger charge is 2.16. The second-order valence-corrected chi connectivity index (χ2v) is 7.06. The average Bonchev–Trinajstić information content (AvgIpc) is 2.76. The average molecular weight is 433 g/mol. The first-order valence-corrected chi connectivity index (χ1v) is 9.52. The topological polar surface area (TPSA) is 134 Å². The molecule has 0 aliphatic rings. The molecule has 0 aliphatic heterocycles. The number of aliphatic hydroxyl groups excluding tert-OH is 1. The molecule has 0 saturated carbocycles. The zero-order valence-corrected chi connectivity index (χ0v) is 16.8. The number of rotatable bonds is 8. The molecule has 0 bridgehead atoms. The maximum Gasteiger partial charge on any atom is 0.376 e. The number of hydrogen-bond donors (Lipinski definition) is 3. The number of carbonyl (C=O) groups is 3. The molecule has 0 radical (unpaired) electrons. The number of benzene rings is 2. The van der Waals surface area contributed by atoms with Gasteiger partial charge in [-0.2, -0.15) is 0 Å². The number of carboxylic acids is 2. The van der Waals surface area contributed by atoms with Gasteiger partial charge in [0.1, 0.15) is 5.76 Å². The third-order valence-corrected chi connectivity index (χ3v) is 4.68. The molecular weight excluding hydrogens is 414 g/mol. The second-order valence-electron chi connectivity index (χ2n) is 7.06. The molecule has 3 rings (SSSR count). The van der Waals surface area contributed by atoms with Crippen molar-refractivity contribution in [3.05, 3.63) is 111 Å². The Hall–Kier alpha value is -4.46. The van der Waals surface area contributed by atoms with E-state index in [-0.39, 0.29) is 24.1 Å². The minimum atomic E-state index is -1.76. The fourth-order valence-electron chi connectivity index (χ4n) is 3.19. The van der Waals surface area contributed by atoms with Gasteiger partial charge in [-0.1, -0.05) is 42.5 Å². The lowest BCUT2D eigenvalue weighted by molar-refractivity contribution is -0.146. The van der Waals surface area contributed by atoms with Gasteiger partial charge in [-0.3, -0.25) is 9.59 Å². The van der Waals surface area contributed by atoms with E-state index in [1.54, 1.807) is 18.3 Å². The summed E-state index contributed by atoms with van der Waals surface area (Å²) in [4.78, 5) is 46.5. The molecule has 0 aliphatic carbocycles. The summed E-state index contributed by atoms with van der Waals surface area (Å²) in [7, 11) is 0. The lowest BCUT2D eigenvalue weighted by Gasteiger charge is -2.12. The Bertz CT molecular complexity index is 1270. The van der Waals surface area contributed by atoms with Gasteiger partial charge in [-0.05, 0) is 41.3 Å². The van der Waals surface area contributed by atoms with Gasteiger partial charge in [0.05, 0.1) is 17.7 Å². The Kier molecular flexibility index (Phi) is 6.65. The molecule has 0 saturated heterocycles. The van der Waals surface area contributed by atoms with Crippen LogP contribution in [-0.2, 0) is 22.6 Å². The van der Waals surface area contributed by atoms with Crippen LogP contribution >= 0.6 is 0 Å². The normalized spacial score (nSPS) is 11.2. The monoisotopic (exact) mass is 433 g/mol. The van der Waals surface area contributed by atoms with E-state index in [1.165, 1.54) is 22.8 Å². The zero-order valence-electron chi connectivity index (χ0n) is 16.8. The summed E-state index contributed by atoms with van der Waals surface area (Å²) in [6, 6.07) is 16.7. The van der Waals surface area contributed by atoms with Crippen LogP contribution in [0.15, 0.2) is 77.7 Å². The molecule has 162 valence electrons. The first kappa shape index (κ1) is 22.2. The molecule has 32 heavy (non-hydrogen) atoms. The van der Waals surface area contributed by atoms with Gasteiger partial charge >= 0.3 is 11.9 Å². The third-order valence-electron chi connectivity index (χ3n) is 4.68. The van der Waals surface area contributed by atoms with Gasteiger partial charge in [-0.15, -0.1) is 0 Å². The lowest BCUT2D eigenvalue weighted by Crippen LogP contribution is -2.25. The SMILES string of the molecule is O=C(O)C(=O)/C=C(\O)c1cc(Cc2cccc(C(=O)O)c2)cn(Cc2ccccc2)c1=O. The number of aromatic nitrogens is 1. The Morgan fingerprint density at radius 3 is 2.19 bits per heavy atom. The van der Waals surface area contributed by atoms with E-state index in [2.05, 4.69) is 0 Å². The zero-order chi connectivity index (χ0) is 23.3. The molecule has 0 fully saturated rings. The van der Waals surface area contributed by atoms with Crippen LogP contribution in [0.2, 0.25) is 0 Å². The summed E-state index contributed by atoms with van der Waals surface area (Å²) in [6.45, 7) is 0.176. The van der Waals surface area contributed by atoms with Crippen molar-refractivity contribution in [2.24, 2.45) is 0 Å². The predicted octanol–water partition coefficient (Wildman–Crippen LogP) is 2.74. The predicted molar refractivity (Wildman–Crippen MR) is 116 cm³/mol. The molecule has 2 aromatic carbocycles. The number of aliphatic carboxylic acids is 1. The highest BCUT2D eigenvalue weighted by molar-refractivity contribution is 6.38. The quantitative estimate of drug-likeness (QED) is 0.282. The van der Waals surface area contributed by atoms with Gasteiger partial charge in [0.25, 0.3) is 11.3 Å². The van der Waals surface area contributed by atoms with E-state index in [4.69, 9.17) is 5.11 Å². The number of pyridine rings is 1. The van der Waals surface area contributed by atoms with Gasteiger partial charge < -0.3 is 19.9 Å². The Morgan fingerprint density at radius 1 is 0.844 bits per heavy atom. The van der Waals surface area contributed by atoms with Crippen molar-refractivity contribution in [3.63, 3.8) is 0 Å². The van der Waals surface area contributed by atoms with Crippen molar-refractivity contribution in [1.29, 1.82) is 0 Å². The van der Waals surface area contributed by atoms with Crippen LogP contribution in [0.3, 0.4) is 0 Å².